The standard InChI is InChI=1S/C17H27Cl/c1-4-5-6-7-8-9-10-16-11-12-17(13-18)15(3)14(16)2/h11-12H,4-10,13H2,1-3H3. The molecule has 0 aliphatic carbocycles. The van der Waals surface area contributed by atoms with E-state index in [9.17, 15) is 0 Å². The van der Waals surface area contributed by atoms with Gasteiger partial charge in [-0.1, -0.05) is 51.2 Å². The Morgan fingerprint density at radius 3 is 2.06 bits per heavy atom. The minimum absolute atomic E-state index is 0.629. The highest BCUT2D eigenvalue weighted by molar-refractivity contribution is 6.17. The smallest absolute Gasteiger partial charge is 0.0476 e. The lowest BCUT2D eigenvalue weighted by Gasteiger charge is -2.12. The van der Waals surface area contributed by atoms with Gasteiger partial charge in [0.25, 0.3) is 0 Å². The molecule has 0 spiro atoms. The van der Waals surface area contributed by atoms with Crippen LogP contribution in [0.2, 0.25) is 0 Å². The molecule has 0 radical (unpaired) electrons. The quantitative estimate of drug-likeness (QED) is 0.403. The maximum Gasteiger partial charge on any atom is 0.0476 e. The van der Waals surface area contributed by atoms with Crippen molar-refractivity contribution < 1.29 is 0 Å². The van der Waals surface area contributed by atoms with Crippen molar-refractivity contribution in [3.63, 3.8) is 0 Å². The van der Waals surface area contributed by atoms with E-state index in [4.69, 9.17) is 11.6 Å². The van der Waals surface area contributed by atoms with E-state index < -0.39 is 0 Å². The Kier molecular flexibility index (Phi) is 7.42. The van der Waals surface area contributed by atoms with E-state index in [1.165, 1.54) is 67.2 Å². The van der Waals surface area contributed by atoms with Crippen molar-refractivity contribution in [1.29, 1.82) is 0 Å². The van der Waals surface area contributed by atoms with Gasteiger partial charge in [-0.3, -0.25) is 0 Å². The largest absolute Gasteiger partial charge is 0.122 e. The molecule has 1 heteroatoms. The SMILES string of the molecule is CCCCCCCCc1ccc(CCl)c(C)c1C. The van der Waals surface area contributed by atoms with Crippen LogP contribution >= 0.6 is 11.6 Å². The normalized spacial score (nSPS) is 10.9. The fraction of sp³-hybridized carbons (Fsp3) is 0.647. The van der Waals surface area contributed by atoms with Crippen LogP contribution in [0.15, 0.2) is 12.1 Å². The topological polar surface area (TPSA) is 0 Å². The highest BCUT2D eigenvalue weighted by atomic mass is 35.5. The molecule has 0 saturated carbocycles. The van der Waals surface area contributed by atoms with E-state index in [0.29, 0.717) is 5.88 Å². The van der Waals surface area contributed by atoms with Crippen LogP contribution in [-0.2, 0) is 12.3 Å². The molecule has 0 aromatic heterocycles. The Hall–Kier alpha value is -0.490. The monoisotopic (exact) mass is 266 g/mol. The zero-order valence-corrected chi connectivity index (χ0v) is 12.9. The zero-order valence-electron chi connectivity index (χ0n) is 12.2. The van der Waals surface area contributed by atoms with E-state index in [1.807, 2.05) is 0 Å². The van der Waals surface area contributed by atoms with Crippen molar-refractivity contribution in [1.82, 2.24) is 0 Å². The van der Waals surface area contributed by atoms with Gasteiger partial charge in [-0.2, -0.15) is 0 Å². The third kappa shape index (κ3) is 4.65. The molecule has 0 nitrogen and oxygen atoms in total. The molecule has 0 aliphatic rings. The average molecular weight is 267 g/mol. The van der Waals surface area contributed by atoms with E-state index >= 15 is 0 Å². The number of benzene rings is 1. The third-order valence-electron chi connectivity index (χ3n) is 3.96. The summed E-state index contributed by atoms with van der Waals surface area (Å²) in [5.74, 6) is 0.629. The van der Waals surface area contributed by atoms with Crippen LogP contribution in [0.3, 0.4) is 0 Å². The summed E-state index contributed by atoms with van der Waals surface area (Å²) in [6.45, 7) is 6.69. The first-order chi connectivity index (χ1) is 8.70. The molecule has 0 heterocycles. The number of unbranched alkanes of at least 4 members (excludes halogenated alkanes) is 5. The second-order valence-corrected chi connectivity index (χ2v) is 5.55. The number of hydrogen-bond acceptors (Lipinski definition) is 0. The number of aryl methyl sites for hydroxylation is 1. The Bertz CT molecular complexity index is 355. The van der Waals surface area contributed by atoms with Gasteiger partial charge in [0.1, 0.15) is 0 Å². The van der Waals surface area contributed by atoms with Crippen molar-refractivity contribution in [2.45, 2.75) is 71.6 Å². The molecule has 0 saturated heterocycles. The lowest BCUT2D eigenvalue weighted by molar-refractivity contribution is 0.607. The summed E-state index contributed by atoms with van der Waals surface area (Å²) in [4.78, 5) is 0. The van der Waals surface area contributed by atoms with Crippen molar-refractivity contribution in [2.24, 2.45) is 0 Å². The highest BCUT2D eigenvalue weighted by Gasteiger charge is 2.05. The average Bonchev–Trinajstić information content (AvgIpc) is 2.38. The van der Waals surface area contributed by atoms with Crippen LogP contribution in [0.25, 0.3) is 0 Å². The third-order valence-corrected chi connectivity index (χ3v) is 4.24. The van der Waals surface area contributed by atoms with Crippen molar-refractivity contribution in [3.8, 4) is 0 Å². The minimum atomic E-state index is 0.629. The Balaban J connectivity index is 2.41. The lowest BCUT2D eigenvalue weighted by atomic mass is 9.95. The summed E-state index contributed by atoms with van der Waals surface area (Å²) < 4.78 is 0. The number of rotatable bonds is 8. The maximum absolute atomic E-state index is 5.93. The molecule has 0 N–H and O–H groups in total. The van der Waals surface area contributed by atoms with Crippen molar-refractivity contribution >= 4 is 11.6 Å². The molecule has 0 aliphatic heterocycles. The van der Waals surface area contributed by atoms with E-state index in [2.05, 4.69) is 32.9 Å². The summed E-state index contributed by atoms with van der Waals surface area (Å²) in [5.41, 5.74) is 5.62. The Morgan fingerprint density at radius 1 is 0.833 bits per heavy atom. The van der Waals surface area contributed by atoms with Gasteiger partial charge in [0.05, 0.1) is 0 Å². The van der Waals surface area contributed by atoms with E-state index in [0.717, 1.165) is 0 Å². The molecular formula is C17H27Cl. The van der Waals surface area contributed by atoms with Gasteiger partial charge in [0, 0.05) is 5.88 Å². The van der Waals surface area contributed by atoms with Gasteiger partial charge in [-0.05, 0) is 48.9 Å². The Morgan fingerprint density at radius 2 is 1.39 bits per heavy atom. The summed E-state index contributed by atoms with van der Waals surface area (Å²) in [6, 6.07) is 4.47. The van der Waals surface area contributed by atoms with Crippen molar-refractivity contribution in [2.75, 3.05) is 0 Å². The van der Waals surface area contributed by atoms with Gasteiger partial charge in [-0.15, -0.1) is 11.6 Å². The van der Waals surface area contributed by atoms with Crippen LogP contribution in [0.4, 0.5) is 0 Å². The molecular weight excluding hydrogens is 240 g/mol. The van der Waals surface area contributed by atoms with Gasteiger partial charge in [0.2, 0.25) is 0 Å². The van der Waals surface area contributed by atoms with Crippen LogP contribution in [-0.4, -0.2) is 0 Å². The van der Waals surface area contributed by atoms with Gasteiger partial charge < -0.3 is 0 Å². The summed E-state index contributed by atoms with van der Waals surface area (Å²) in [7, 11) is 0. The molecule has 1 aromatic carbocycles. The second kappa shape index (κ2) is 8.58. The summed E-state index contributed by atoms with van der Waals surface area (Å²) in [6.07, 6.45) is 9.44. The predicted octanol–water partition coefficient (Wildman–Crippen LogP) is 5.95. The first kappa shape index (κ1) is 15.6. The molecule has 0 bridgehead atoms. The van der Waals surface area contributed by atoms with Gasteiger partial charge in [-0.25, -0.2) is 0 Å². The first-order valence-electron chi connectivity index (χ1n) is 7.34. The highest BCUT2D eigenvalue weighted by Crippen LogP contribution is 2.21. The molecule has 0 amide bonds. The van der Waals surface area contributed by atoms with Gasteiger partial charge in [0.15, 0.2) is 0 Å². The Labute approximate surface area is 118 Å². The molecule has 1 rings (SSSR count). The van der Waals surface area contributed by atoms with Gasteiger partial charge >= 0.3 is 0 Å². The van der Waals surface area contributed by atoms with Crippen LogP contribution in [0.5, 0.6) is 0 Å². The fourth-order valence-corrected chi connectivity index (χ4v) is 2.73. The van der Waals surface area contributed by atoms with Crippen LogP contribution < -0.4 is 0 Å². The molecule has 0 atom stereocenters. The molecule has 0 unspecified atom stereocenters. The number of hydrogen-bond donors (Lipinski definition) is 0. The minimum Gasteiger partial charge on any atom is -0.122 e. The number of alkyl halides is 1. The first-order valence-corrected chi connectivity index (χ1v) is 7.88. The van der Waals surface area contributed by atoms with Crippen LogP contribution in [0.1, 0.15) is 67.7 Å². The second-order valence-electron chi connectivity index (χ2n) is 5.29. The fourth-order valence-electron chi connectivity index (χ4n) is 2.44. The molecule has 102 valence electrons. The lowest BCUT2D eigenvalue weighted by Crippen LogP contribution is -1.96. The molecule has 0 fully saturated rings. The summed E-state index contributed by atoms with van der Waals surface area (Å²) >= 11 is 5.93. The maximum atomic E-state index is 5.93. The van der Waals surface area contributed by atoms with E-state index in [1.54, 1.807) is 0 Å². The molecule has 1 aromatic rings. The van der Waals surface area contributed by atoms with Crippen LogP contribution in [0, 0.1) is 13.8 Å². The summed E-state index contributed by atoms with van der Waals surface area (Å²) in [5, 5.41) is 0. The predicted molar refractivity (Wildman–Crippen MR) is 82.6 cm³/mol. The number of halogens is 1. The van der Waals surface area contributed by atoms with Crippen molar-refractivity contribution in [3.05, 3.63) is 34.4 Å². The zero-order chi connectivity index (χ0) is 13.4. The molecule has 18 heavy (non-hydrogen) atoms. The van der Waals surface area contributed by atoms with E-state index in [-0.39, 0.29) is 0 Å².